The highest BCUT2D eigenvalue weighted by Crippen LogP contribution is 2.35. The first-order chi connectivity index (χ1) is 13.1. The van der Waals surface area contributed by atoms with Gasteiger partial charge in [0, 0.05) is 17.2 Å². The molecule has 3 aromatic rings. The molecule has 0 atom stereocenters. The average Bonchev–Trinajstić information content (AvgIpc) is 2.71. The monoisotopic (exact) mass is 368 g/mol. The summed E-state index contributed by atoms with van der Waals surface area (Å²) in [6.45, 7) is 0. The van der Waals surface area contributed by atoms with Crippen LogP contribution in [0.1, 0.15) is 20.7 Å². The summed E-state index contributed by atoms with van der Waals surface area (Å²) in [6, 6.07) is 7.70. The molecule has 0 unspecified atom stereocenters. The van der Waals surface area contributed by atoms with Crippen molar-refractivity contribution >= 4 is 23.5 Å². The van der Waals surface area contributed by atoms with E-state index in [2.05, 4.69) is 0 Å². The molecule has 7 nitrogen and oxygen atoms in total. The number of carbonyl (C=O) groups excluding carboxylic acids is 2. The normalized spacial score (nSPS) is 10.5. The van der Waals surface area contributed by atoms with Crippen LogP contribution in [0.5, 0.6) is 17.2 Å². The zero-order valence-corrected chi connectivity index (χ0v) is 14.9. The molecule has 0 aliphatic rings. The van der Waals surface area contributed by atoms with E-state index >= 15 is 0 Å². The zero-order valence-electron chi connectivity index (χ0n) is 14.9. The van der Waals surface area contributed by atoms with Gasteiger partial charge in [-0.25, -0.2) is 0 Å². The molecule has 0 saturated heterocycles. The van der Waals surface area contributed by atoms with Crippen LogP contribution in [0.4, 0.5) is 0 Å². The largest absolute Gasteiger partial charge is 0.495 e. The SMILES string of the molecule is COc1ccc(-c2cc(=O)c3c(OC)c(C=O)c(C=O)cc3o2)cc1OC. The average molecular weight is 368 g/mol. The summed E-state index contributed by atoms with van der Waals surface area (Å²) in [5.41, 5.74) is 0.390. The lowest BCUT2D eigenvalue weighted by Crippen LogP contribution is -2.07. The first kappa shape index (κ1) is 18.2. The van der Waals surface area contributed by atoms with E-state index in [0.29, 0.717) is 29.6 Å². The van der Waals surface area contributed by atoms with Crippen molar-refractivity contribution in [3.8, 4) is 28.6 Å². The van der Waals surface area contributed by atoms with Crippen LogP contribution < -0.4 is 19.6 Å². The third kappa shape index (κ3) is 3.03. The summed E-state index contributed by atoms with van der Waals surface area (Å²) in [5, 5.41) is 0.0921. The Balaban J connectivity index is 2.31. The van der Waals surface area contributed by atoms with Gasteiger partial charge in [0.25, 0.3) is 0 Å². The van der Waals surface area contributed by atoms with E-state index in [0.717, 1.165) is 0 Å². The first-order valence-electron chi connectivity index (χ1n) is 7.89. The number of methoxy groups -OCH3 is 3. The number of hydrogen-bond donors (Lipinski definition) is 0. The Bertz CT molecular complexity index is 1100. The van der Waals surface area contributed by atoms with Gasteiger partial charge in [-0.3, -0.25) is 14.4 Å². The van der Waals surface area contributed by atoms with Crippen molar-refractivity contribution in [2.75, 3.05) is 21.3 Å². The highest BCUT2D eigenvalue weighted by molar-refractivity contribution is 6.02. The van der Waals surface area contributed by atoms with Crippen LogP contribution in [0, 0.1) is 0 Å². The van der Waals surface area contributed by atoms with Crippen molar-refractivity contribution < 1.29 is 28.2 Å². The number of carbonyl (C=O) groups is 2. The molecule has 1 aromatic heterocycles. The molecule has 0 radical (unpaired) electrons. The smallest absolute Gasteiger partial charge is 0.197 e. The van der Waals surface area contributed by atoms with Crippen molar-refractivity contribution in [1.82, 2.24) is 0 Å². The minimum atomic E-state index is -0.404. The van der Waals surface area contributed by atoms with Gasteiger partial charge in [-0.15, -0.1) is 0 Å². The van der Waals surface area contributed by atoms with E-state index < -0.39 is 5.43 Å². The lowest BCUT2D eigenvalue weighted by atomic mass is 10.0. The quantitative estimate of drug-likeness (QED) is 0.617. The predicted octanol–water partition coefficient (Wildman–Crippen LogP) is 3.11. The Morgan fingerprint density at radius 3 is 2.22 bits per heavy atom. The Morgan fingerprint density at radius 2 is 1.63 bits per heavy atom. The molecule has 0 aliphatic carbocycles. The van der Waals surface area contributed by atoms with E-state index in [1.807, 2.05) is 0 Å². The van der Waals surface area contributed by atoms with Crippen molar-refractivity contribution in [3.05, 3.63) is 51.7 Å². The van der Waals surface area contributed by atoms with E-state index in [1.165, 1.54) is 33.5 Å². The molecular formula is C20H16O7. The Kier molecular flexibility index (Phi) is 4.94. The summed E-state index contributed by atoms with van der Waals surface area (Å²) in [5.74, 6) is 1.29. The topological polar surface area (TPSA) is 92.0 Å². The fourth-order valence-corrected chi connectivity index (χ4v) is 2.88. The highest BCUT2D eigenvalue weighted by atomic mass is 16.5. The molecule has 2 aromatic carbocycles. The molecule has 3 rings (SSSR count). The van der Waals surface area contributed by atoms with Gasteiger partial charge in [0.2, 0.25) is 0 Å². The lowest BCUT2D eigenvalue weighted by molar-refractivity contribution is 0.109. The van der Waals surface area contributed by atoms with Crippen molar-refractivity contribution in [3.63, 3.8) is 0 Å². The van der Waals surface area contributed by atoms with Crippen LogP contribution in [0.25, 0.3) is 22.3 Å². The maximum Gasteiger partial charge on any atom is 0.197 e. The molecular weight excluding hydrogens is 352 g/mol. The molecule has 0 aliphatic heterocycles. The number of benzene rings is 2. The van der Waals surface area contributed by atoms with Gasteiger partial charge in [-0.1, -0.05) is 0 Å². The van der Waals surface area contributed by atoms with Crippen LogP contribution in [0.2, 0.25) is 0 Å². The van der Waals surface area contributed by atoms with Crippen LogP contribution in [-0.4, -0.2) is 33.9 Å². The second-order valence-corrected chi connectivity index (χ2v) is 5.57. The zero-order chi connectivity index (χ0) is 19.6. The van der Waals surface area contributed by atoms with Gasteiger partial charge in [-0.05, 0) is 24.3 Å². The molecule has 1 heterocycles. The standard InChI is InChI=1S/C20H16O7/c1-24-15-5-4-11(6-17(15)25-2)16-8-14(23)19-18(27-16)7-12(9-21)13(10-22)20(19)26-3/h4-10H,1-3H3. The predicted molar refractivity (Wildman–Crippen MR) is 98.4 cm³/mol. The molecule has 0 bridgehead atoms. The maximum absolute atomic E-state index is 12.7. The van der Waals surface area contributed by atoms with Gasteiger partial charge in [0.1, 0.15) is 22.5 Å². The second kappa shape index (κ2) is 7.33. The molecule has 0 N–H and O–H groups in total. The van der Waals surface area contributed by atoms with Crippen LogP contribution in [0.15, 0.2) is 39.5 Å². The molecule has 0 spiro atoms. The molecule has 27 heavy (non-hydrogen) atoms. The van der Waals surface area contributed by atoms with Gasteiger partial charge < -0.3 is 18.6 Å². The van der Waals surface area contributed by atoms with Crippen molar-refractivity contribution in [1.29, 1.82) is 0 Å². The third-order valence-electron chi connectivity index (χ3n) is 4.16. The number of ether oxygens (including phenoxy) is 3. The minimum Gasteiger partial charge on any atom is -0.495 e. The van der Waals surface area contributed by atoms with E-state index in [-0.39, 0.29) is 33.6 Å². The van der Waals surface area contributed by atoms with Crippen molar-refractivity contribution in [2.24, 2.45) is 0 Å². The van der Waals surface area contributed by atoms with Crippen molar-refractivity contribution in [2.45, 2.75) is 0 Å². The second-order valence-electron chi connectivity index (χ2n) is 5.57. The summed E-state index contributed by atoms with van der Waals surface area (Å²) in [6.07, 6.45) is 0.985. The molecule has 0 saturated carbocycles. The summed E-state index contributed by atoms with van der Waals surface area (Å²) in [4.78, 5) is 35.4. The van der Waals surface area contributed by atoms with Crippen LogP contribution in [0.3, 0.4) is 0 Å². The van der Waals surface area contributed by atoms with E-state index in [4.69, 9.17) is 18.6 Å². The summed E-state index contributed by atoms with van der Waals surface area (Å²) >= 11 is 0. The number of fused-ring (bicyclic) bond motifs is 1. The van der Waals surface area contributed by atoms with Gasteiger partial charge >= 0.3 is 0 Å². The molecule has 0 fully saturated rings. The van der Waals surface area contributed by atoms with Crippen LogP contribution >= 0.6 is 0 Å². The number of rotatable bonds is 6. The Labute approximate surface area is 154 Å². The van der Waals surface area contributed by atoms with Gasteiger partial charge in [0.05, 0.1) is 26.9 Å². The molecule has 0 amide bonds. The fraction of sp³-hybridized carbons (Fsp3) is 0.150. The Hall–Kier alpha value is -3.61. The maximum atomic E-state index is 12.7. The third-order valence-corrected chi connectivity index (χ3v) is 4.16. The number of aldehydes is 2. The lowest BCUT2D eigenvalue weighted by Gasteiger charge is -2.12. The van der Waals surface area contributed by atoms with E-state index in [1.54, 1.807) is 18.2 Å². The Morgan fingerprint density at radius 1 is 0.889 bits per heavy atom. The highest BCUT2D eigenvalue weighted by Gasteiger charge is 2.19. The van der Waals surface area contributed by atoms with Gasteiger partial charge in [0.15, 0.2) is 29.5 Å². The number of hydrogen-bond acceptors (Lipinski definition) is 7. The van der Waals surface area contributed by atoms with Gasteiger partial charge in [-0.2, -0.15) is 0 Å². The van der Waals surface area contributed by atoms with Crippen LogP contribution in [-0.2, 0) is 0 Å². The summed E-state index contributed by atoms with van der Waals surface area (Å²) < 4.78 is 21.5. The molecule has 138 valence electrons. The summed E-state index contributed by atoms with van der Waals surface area (Å²) in [7, 11) is 4.34. The fourth-order valence-electron chi connectivity index (χ4n) is 2.88. The van der Waals surface area contributed by atoms with E-state index in [9.17, 15) is 14.4 Å². The first-order valence-corrected chi connectivity index (χ1v) is 7.89. The minimum absolute atomic E-state index is 0.00571. The molecule has 7 heteroatoms.